The third kappa shape index (κ3) is 3.25. The number of unbranched alkanes of at least 4 members (excludes halogenated alkanes) is 1. The van der Waals surface area contributed by atoms with Crippen LogP contribution in [-0.2, 0) is 4.74 Å². The van der Waals surface area contributed by atoms with Crippen molar-refractivity contribution >= 4 is 5.76 Å². The van der Waals surface area contributed by atoms with E-state index >= 15 is 0 Å². The molecule has 0 N–H and O–H groups in total. The molecule has 76 valence electrons. The first kappa shape index (κ1) is 10.8. The molecule has 0 spiro atoms. The maximum absolute atomic E-state index is 5.53. The van der Waals surface area contributed by atoms with Gasteiger partial charge in [0.1, 0.15) is 5.76 Å². The molecule has 14 heavy (non-hydrogen) atoms. The second kappa shape index (κ2) is 5.48. The second-order valence-electron chi connectivity index (χ2n) is 3.49. The molecule has 0 heterocycles. The number of benzene rings is 1. The summed E-state index contributed by atoms with van der Waals surface area (Å²) in [6.45, 7) is 8.91. The zero-order valence-corrected chi connectivity index (χ0v) is 9.05. The minimum absolute atomic E-state index is 0.767. The number of rotatable bonds is 5. The van der Waals surface area contributed by atoms with Gasteiger partial charge in [0.15, 0.2) is 0 Å². The highest BCUT2D eigenvalue weighted by atomic mass is 16.5. The Bertz CT molecular complexity index is 302. The van der Waals surface area contributed by atoms with Crippen molar-refractivity contribution in [1.82, 2.24) is 0 Å². The van der Waals surface area contributed by atoms with Gasteiger partial charge in [-0.2, -0.15) is 0 Å². The van der Waals surface area contributed by atoms with Crippen molar-refractivity contribution in [3.05, 3.63) is 42.0 Å². The monoisotopic (exact) mass is 190 g/mol. The minimum atomic E-state index is 0.767. The van der Waals surface area contributed by atoms with Crippen molar-refractivity contribution < 1.29 is 4.74 Å². The van der Waals surface area contributed by atoms with Crippen LogP contribution in [0.15, 0.2) is 30.8 Å². The van der Waals surface area contributed by atoms with Gasteiger partial charge in [0.2, 0.25) is 0 Å². The fourth-order valence-electron chi connectivity index (χ4n) is 1.24. The molecule has 1 aromatic carbocycles. The standard InChI is InChI=1S/C13H18O/c1-4-5-9-14-12(3)13-8-6-7-11(2)10-13/h6-8,10H,3-5,9H2,1-2H3. The molecule has 0 aliphatic heterocycles. The molecule has 1 nitrogen and oxygen atoms in total. The van der Waals surface area contributed by atoms with Gasteiger partial charge in [-0.3, -0.25) is 0 Å². The van der Waals surface area contributed by atoms with E-state index in [9.17, 15) is 0 Å². The van der Waals surface area contributed by atoms with Crippen molar-refractivity contribution in [2.24, 2.45) is 0 Å². The van der Waals surface area contributed by atoms with E-state index in [0.717, 1.165) is 30.8 Å². The molecule has 0 unspecified atom stereocenters. The minimum Gasteiger partial charge on any atom is -0.494 e. The van der Waals surface area contributed by atoms with Gasteiger partial charge in [-0.25, -0.2) is 0 Å². The lowest BCUT2D eigenvalue weighted by atomic mass is 10.1. The summed E-state index contributed by atoms with van der Waals surface area (Å²) in [6, 6.07) is 8.22. The first-order chi connectivity index (χ1) is 6.74. The van der Waals surface area contributed by atoms with Crippen molar-refractivity contribution in [2.75, 3.05) is 6.61 Å². The van der Waals surface area contributed by atoms with Gasteiger partial charge < -0.3 is 4.74 Å². The van der Waals surface area contributed by atoms with Crippen LogP contribution in [0.1, 0.15) is 30.9 Å². The first-order valence-electron chi connectivity index (χ1n) is 5.12. The predicted molar refractivity (Wildman–Crippen MR) is 61.1 cm³/mol. The van der Waals surface area contributed by atoms with Crippen LogP contribution in [0.4, 0.5) is 0 Å². The lowest BCUT2D eigenvalue weighted by molar-refractivity contribution is 0.271. The maximum Gasteiger partial charge on any atom is 0.119 e. The molecule has 0 atom stereocenters. The summed E-state index contributed by atoms with van der Waals surface area (Å²) >= 11 is 0. The Kier molecular flexibility index (Phi) is 4.24. The third-order valence-electron chi connectivity index (χ3n) is 2.11. The molecule has 1 heteroatoms. The van der Waals surface area contributed by atoms with Crippen LogP contribution in [0.5, 0.6) is 0 Å². The summed E-state index contributed by atoms with van der Waals surface area (Å²) in [6.07, 6.45) is 2.24. The zero-order valence-electron chi connectivity index (χ0n) is 9.05. The van der Waals surface area contributed by atoms with Gasteiger partial charge in [0, 0.05) is 5.56 Å². The van der Waals surface area contributed by atoms with Crippen LogP contribution in [0.25, 0.3) is 5.76 Å². The molecular formula is C13H18O. The quantitative estimate of drug-likeness (QED) is 0.507. The Morgan fingerprint density at radius 1 is 1.43 bits per heavy atom. The van der Waals surface area contributed by atoms with Gasteiger partial charge in [-0.1, -0.05) is 43.7 Å². The average Bonchev–Trinajstić information content (AvgIpc) is 2.18. The van der Waals surface area contributed by atoms with Crippen molar-refractivity contribution in [3.63, 3.8) is 0 Å². The zero-order chi connectivity index (χ0) is 10.4. The fourth-order valence-corrected chi connectivity index (χ4v) is 1.24. The van der Waals surface area contributed by atoms with E-state index in [4.69, 9.17) is 4.74 Å². The molecule has 0 saturated carbocycles. The lowest BCUT2D eigenvalue weighted by Crippen LogP contribution is -1.93. The molecule has 1 aromatic rings. The van der Waals surface area contributed by atoms with Crippen LogP contribution in [-0.4, -0.2) is 6.61 Å². The Morgan fingerprint density at radius 3 is 2.86 bits per heavy atom. The van der Waals surface area contributed by atoms with E-state index in [1.165, 1.54) is 5.56 Å². The molecule has 0 saturated heterocycles. The van der Waals surface area contributed by atoms with E-state index in [1.54, 1.807) is 0 Å². The Hall–Kier alpha value is -1.24. The highest BCUT2D eigenvalue weighted by Crippen LogP contribution is 2.15. The summed E-state index contributed by atoms with van der Waals surface area (Å²) in [4.78, 5) is 0. The van der Waals surface area contributed by atoms with Crippen LogP contribution in [0.3, 0.4) is 0 Å². The van der Waals surface area contributed by atoms with Crippen molar-refractivity contribution in [1.29, 1.82) is 0 Å². The van der Waals surface area contributed by atoms with Gasteiger partial charge in [-0.15, -0.1) is 0 Å². The van der Waals surface area contributed by atoms with E-state index in [-0.39, 0.29) is 0 Å². The van der Waals surface area contributed by atoms with E-state index in [2.05, 4.69) is 32.6 Å². The molecular weight excluding hydrogens is 172 g/mol. The number of hydrogen-bond donors (Lipinski definition) is 0. The molecule has 0 aliphatic rings. The molecule has 0 radical (unpaired) electrons. The largest absolute Gasteiger partial charge is 0.494 e. The molecule has 0 aromatic heterocycles. The van der Waals surface area contributed by atoms with Crippen LogP contribution in [0.2, 0.25) is 0 Å². The Morgan fingerprint density at radius 2 is 2.21 bits per heavy atom. The summed E-state index contributed by atoms with van der Waals surface area (Å²) in [5.74, 6) is 0.780. The molecule has 0 fully saturated rings. The van der Waals surface area contributed by atoms with Crippen molar-refractivity contribution in [3.8, 4) is 0 Å². The van der Waals surface area contributed by atoms with Crippen LogP contribution in [0, 0.1) is 6.92 Å². The summed E-state index contributed by atoms with van der Waals surface area (Å²) in [7, 11) is 0. The third-order valence-corrected chi connectivity index (χ3v) is 2.11. The highest BCUT2D eigenvalue weighted by molar-refractivity contribution is 5.57. The predicted octanol–water partition coefficient (Wildman–Crippen LogP) is 3.78. The maximum atomic E-state index is 5.53. The Balaban J connectivity index is 2.52. The normalized spacial score (nSPS) is 9.86. The van der Waals surface area contributed by atoms with Gasteiger partial charge in [0.05, 0.1) is 6.61 Å². The van der Waals surface area contributed by atoms with Gasteiger partial charge in [0.25, 0.3) is 0 Å². The summed E-state index contributed by atoms with van der Waals surface area (Å²) in [5, 5.41) is 0. The molecule has 0 amide bonds. The van der Waals surface area contributed by atoms with Crippen LogP contribution >= 0.6 is 0 Å². The first-order valence-corrected chi connectivity index (χ1v) is 5.12. The molecule has 0 bridgehead atoms. The summed E-state index contributed by atoms with van der Waals surface area (Å²) in [5.41, 5.74) is 2.32. The Labute approximate surface area is 86.4 Å². The second-order valence-corrected chi connectivity index (χ2v) is 3.49. The highest BCUT2D eigenvalue weighted by Gasteiger charge is 1.98. The molecule has 0 aliphatic carbocycles. The summed E-state index contributed by atoms with van der Waals surface area (Å²) < 4.78 is 5.53. The SMILES string of the molecule is C=C(OCCCC)c1cccc(C)c1. The van der Waals surface area contributed by atoms with E-state index < -0.39 is 0 Å². The van der Waals surface area contributed by atoms with Gasteiger partial charge in [-0.05, 0) is 19.4 Å². The molecule has 1 rings (SSSR count). The van der Waals surface area contributed by atoms with Crippen molar-refractivity contribution in [2.45, 2.75) is 26.7 Å². The number of aryl methyl sites for hydroxylation is 1. The fraction of sp³-hybridized carbons (Fsp3) is 0.385. The van der Waals surface area contributed by atoms with E-state index in [0.29, 0.717) is 0 Å². The smallest absolute Gasteiger partial charge is 0.119 e. The lowest BCUT2D eigenvalue weighted by Gasteiger charge is -2.08. The number of ether oxygens (including phenoxy) is 1. The van der Waals surface area contributed by atoms with Gasteiger partial charge >= 0.3 is 0 Å². The average molecular weight is 190 g/mol. The van der Waals surface area contributed by atoms with Crippen LogP contribution < -0.4 is 0 Å². The van der Waals surface area contributed by atoms with E-state index in [1.807, 2.05) is 12.1 Å². The topological polar surface area (TPSA) is 9.23 Å². The number of hydrogen-bond acceptors (Lipinski definition) is 1.